The fourth-order valence-corrected chi connectivity index (χ4v) is 3.48. The zero-order valence-corrected chi connectivity index (χ0v) is 19.9. The fraction of sp³-hybridized carbons (Fsp3) is 0.269. The molecule has 1 fully saturated rings. The second kappa shape index (κ2) is 11.2. The van der Waals surface area contributed by atoms with E-state index in [1.807, 2.05) is 24.3 Å². The van der Waals surface area contributed by atoms with E-state index in [0.29, 0.717) is 30.4 Å². The van der Waals surface area contributed by atoms with Crippen LogP contribution >= 0.6 is 0 Å². The summed E-state index contributed by atoms with van der Waals surface area (Å²) in [5.41, 5.74) is 1.07. The van der Waals surface area contributed by atoms with Crippen molar-refractivity contribution in [1.29, 1.82) is 0 Å². The first-order valence-electron chi connectivity index (χ1n) is 11.5. The molecule has 194 valence electrons. The summed E-state index contributed by atoms with van der Waals surface area (Å²) in [7, 11) is 0. The Morgan fingerprint density at radius 1 is 0.865 bits per heavy atom. The minimum absolute atomic E-state index is 0.0134. The maximum atomic E-state index is 12.8. The third kappa shape index (κ3) is 7.35. The summed E-state index contributed by atoms with van der Waals surface area (Å²) in [6, 6.07) is 14.0. The summed E-state index contributed by atoms with van der Waals surface area (Å²) in [4.78, 5) is 12.5. The lowest BCUT2D eigenvalue weighted by atomic mass is 10.1. The van der Waals surface area contributed by atoms with Crippen LogP contribution in [-0.2, 0) is 5.54 Å². The summed E-state index contributed by atoms with van der Waals surface area (Å²) < 4.78 is 54.2. The van der Waals surface area contributed by atoms with Crippen LogP contribution in [0.1, 0.15) is 18.4 Å². The number of hydrogen-bond acceptors (Lipinski definition) is 8. The van der Waals surface area contributed by atoms with Gasteiger partial charge in [-0.15, -0.1) is 0 Å². The molecule has 1 heterocycles. The van der Waals surface area contributed by atoms with Crippen molar-refractivity contribution in [3.8, 4) is 17.5 Å². The van der Waals surface area contributed by atoms with Gasteiger partial charge >= 0.3 is 12.2 Å². The summed E-state index contributed by atoms with van der Waals surface area (Å²) in [5.74, 6) is 1.37. The van der Waals surface area contributed by atoms with Crippen molar-refractivity contribution in [3.05, 3.63) is 79.4 Å². The van der Waals surface area contributed by atoms with E-state index >= 15 is 0 Å². The zero-order chi connectivity index (χ0) is 26.3. The van der Waals surface area contributed by atoms with Crippen LogP contribution in [0.25, 0.3) is 0 Å². The molecule has 0 saturated heterocycles. The fourth-order valence-electron chi connectivity index (χ4n) is 3.48. The van der Waals surface area contributed by atoms with Crippen LogP contribution < -0.4 is 24.8 Å². The minimum atomic E-state index is -4.54. The molecule has 0 atom stereocenters. The molecule has 37 heavy (non-hydrogen) atoms. The van der Waals surface area contributed by atoms with Crippen LogP contribution in [0.5, 0.6) is 17.5 Å². The van der Waals surface area contributed by atoms with Gasteiger partial charge in [0.25, 0.3) is 0 Å². The molecule has 2 aromatic carbocycles. The molecule has 11 heteroatoms. The number of alkyl halides is 3. The van der Waals surface area contributed by atoms with Crippen molar-refractivity contribution >= 4 is 17.6 Å². The van der Waals surface area contributed by atoms with E-state index in [2.05, 4.69) is 38.7 Å². The van der Waals surface area contributed by atoms with Crippen LogP contribution in [0, 0.1) is 0 Å². The zero-order valence-electron chi connectivity index (χ0n) is 19.9. The van der Waals surface area contributed by atoms with Gasteiger partial charge in [-0.25, -0.2) is 0 Å². The first kappa shape index (κ1) is 25.8. The molecular formula is C26H26F3N5O3. The maximum absolute atomic E-state index is 12.8. The highest BCUT2D eigenvalue weighted by molar-refractivity contribution is 5.57. The quantitative estimate of drug-likeness (QED) is 0.278. The Labute approximate surface area is 212 Å². The van der Waals surface area contributed by atoms with Crippen molar-refractivity contribution in [2.75, 3.05) is 30.5 Å². The van der Waals surface area contributed by atoms with Gasteiger partial charge < -0.3 is 24.8 Å². The molecule has 8 nitrogen and oxygen atoms in total. The maximum Gasteiger partial charge on any atom is 0.422 e. The van der Waals surface area contributed by atoms with E-state index in [0.717, 1.165) is 18.4 Å². The van der Waals surface area contributed by atoms with Gasteiger partial charge in [0.1, 0.15) is 24.7 Å². The largest absolute Gasteiger partial charge is 0.490 e. The van der Waals surface area contributed by atoms with Gasteiger partial charge in [0, 0.05) is 11.8 Å². The minimum Gasteiger partial charge on any atom is -0.490 e. The molecule has 2 N–H and O–H groups in total. The van der Waals surface area contributed by atoms with Crippen molar-refractivity contribution < 1.29 is 27.4 Å². The van der Waals surface area contributed by atoms with Crippen LogP contribution in [0.3, 0.4) is 0 Å². The van der Waals surface area contributed by atoms with E-state index < -0.39 is 24.3 Å². The third-order valence-corrected chi connectivity index (χ3v) is 5.31. The predicted molar refractivity (Wildman–Crippen MR) is 133 cm³/mol. The number of nitrogens with zero attached hydrogens (tertiary/aromatic N) is 3. The van der Waals surface area contributed by atoms with Crippen molar-refractivity contribution in [3.63, 3.8) is 0 Å². The Bertz CT molecular complexity index is 1230. The van der Waals surface area contributed by atoms with E-state index in [1.54, 1.807) is 36.4 Å². The van der Waals surface area contributed by atoms with Crippen molar-refractivity contribution in [2.45, 2.75) is 24.6 Å². The number of halogens is 3. The van der Waals surface area contributed by atoms with Crippen LogP contribution in [0.15, 0.2) is 73.8 Å². The summed E-state index contributed by atoms with van der Waals surface area (Å²) in [6.45, 7) is 6.43. The third-order valence-electron chi connectivity index (χ3n) is 5.31. The number of anilines is 3. The lowest BCUT2D eigenvalue weighted by Gasteiger charge is -2.19. The summed E-state index contributed by atoms with van der Waals surface area (Å²) >= 11 is 0. The monoisotopic (exact) mass is 513 g/mol. The number of benzene rings is 2. The van der Waals surface area contributed by atoms with Gasteiger partial charge in [0.2, 0.25) is 11.9 Å². The smallest absolute Gasteiger partial charge is 0.422 e. The summed E-state index contributed by atoms with van der Waals surface area (Å²) in [5, 5.41) is 6.23. The van der Waals surface area contributed by atoms with Gasteiger partial charge in [-0.3, -0.25) is 0 Å². The number of aromatic nitrogens is 3. The average Bonchev–Trinajstić information content (AvgIpc) is 3.65. The lowest BCUT2D eigenvalue weighted by molar-refractivity contribution is -0.154. The molecule has 0 radical (unpaired) electrons. The molecular weight excluding hydrogens is 487 g/mol. The van der Waals surface area contributed by atoms with E-state index in [4.69, 9.17) is 14.2 Å². The summed E-state index contributed by atoms with van der Waals surface area (Å²) in [6.07, 6.45) is 0.306. The molecule has 4 rings (SSSR count). The molecule has 3 aromatic rings. The van der Waals surface area contributed by atoms with E-state index in [9.17, 15) is 13.2 Å². The van der Waals surface area contributed by atoms with Crippen LogP contribution in [0.2, 0.25) is 0 Å². The molecule has 1 saturated carbocycles. The Hall–Kier alpha value is -4.28. The average molecular weight is 514 g/mol. The Kier molecular flexibility index (Phi) is 7.80. The van der Waals surface area contributed by atoms with Crippen molar-refractivity contribution in [2.24, 2.45) is 0 Å². The molecule has 0 unspecified atom stereocenters. The van der Waals surface area contributed by atoms with Gasteiger partial charge in [0.15, 0.2) is 6.61 Å². The Morgan fingerprint density at radius 2 is 1.54 bits per heavy atom. The van der Waals surface area contributed by atoms with Crippen LogP contribution in [-0.4, -0.2) is 40.9 Å². The van der Waals surface area contributed by atoms with Gasteiger partial charge in [-0.05, 0) is 42.7 Å². The highest BCUT2D eigenvalue weighted by atomic mass is 19.4. The van der Waals surface area contributed by atoms with Gasteiger partial charge in [-0.2, -0.15) is 28.1 Å². The van der Waals surface area contributed by atoms with Gasteiger partial charge in [-0.1, -0.05) is 43.5 Å². The highest BCUT2D eigenvalue weighted by Crippen LogP contribution is 2.48. The highest BCUT2D eigenvalue weighted by Gasteiger charge is 2.45. The number of nitrogens with one attached hydrogen (secondary N) is 2. The number of rotatable bonds is 13. The first-order valence-corrected chi connectivity index (χ1v) is 11.5. The standard InChI is InChI=1S/C26H26F3N5O3/c1-3-14-35-20-10-8-18(9-11-20)25(12-13-25)34-23-31-22(32-24(33-23)37-17-26(27,28)29)30-19-6-5-7-21(16-19)36-15-4-2/h3-11,16H,1-2,12-15,17H2,(H2,30,31,32,33,34). The number of ether oxygens (including phenoxy) is 3. The molecule has 0 aliphatic heterocycles. The van der Waals surface area contributed by atoms with E-state index in [-0.39, 0.29) is 11.9 Å². The molecule has 0 bridgehead atoms. The SMILES string of the molecule is C=CCOc1ccc(C2(Nc3nc(Nc4cccc(OCC=C)c4)nc(OCC(F)(F)F)n3)CC2)cc1. The molecule has 0 spiro atoms. The normalized spacial score (nSPS) is 13.8. The molecule has 1 aliphatic rings. The van der Waals surface area contributed by atoms with Gasteiger partial charge in [0.05, 0.1) is 5.54 Å². The lowest BCUT2D eigenvalue weighted by Crippen LogP contribution is -2.23. The molecule has 1 aliphatic carbocycles. The Morgan fingerprint density at radius 3 is 2.19 bits per heavy atom. The number of hydrogen-bond donors (Lipinski definition) is 2. The second-order valence-electron chi connectivity index (χ2n) is 8.25. The topological polar surface area (TPSA) is 90.4 Å². The van der Waals surface area contributed by atoms with Crippen LogP contribution in [0.4, 0.5) is 30.8 Å². The predicted octanol–water partition coefficient (Wildman–Crippen LogP) is 5.79. The molecule has 0 amide bonds. The Balaban J connectivity index is 1.56. The molecule has 1 aromatic heterocycles. The van der Waals surface area contributed by atoms with Crippen molar-refractivity contribution in [1.82, 2.24) is 15.0 Å². The van der Waals surface area contributed by atoms with E-state index in [1.165, 1.54) is 0 Å². The first-order chi connectivity index (χ1) is 17.8. The second-order valence-corrected chi connectivity index (χ2v) is 8.25.